The van der Waals surface area contributed by atoms with Gasteiger partial charge in [0.2, 0.25) is 0 Å². The third-order valence-electron chi connectivity index (χ3n) is 4.10. The van der Waals surface area contributed by atoms with Crippen LogP contribution in [0.3, 0.4) is 0 Å². The van der Waals surface area contributed by atoms with Crippen molar-refractivity contribution in [1.82, 2.24) is 5.32 Å². The number of benzene rings is 2. The summed E-state index contributed by atoms with van der Waals surface area (Å²) in [5.74, 6) is 0.692. The molecule has 2 unspecified atom stereocenters. The lowest BCUT2D eigenvalue weighted by molar-refractivity contribution is 0.667. The second kappa shape index (κ2) is 6.21. The van der Waals surface area contributed by atoms with Crippen LogP contribution in [0, 0.1) is 0 Å². The summed E-state index contributed by atoms with van der Waals surface area (Å²) in [4.78, 5) is 0. The Morgan fingerprint density at radius 1 is 0.950 bits per heavy atom. The molecular formula is C18H22N2. The Morgan fingerprint density at radius 2 is 1.65 bits per heavy atom. The first kappa shape index (κ1) is 13.3. The van der Waals surface area contributed by atoms with Crippen LogP contribution in [0.5, 0.6) is 0 Å². The van der Waals surface area contributed by atoms with Crippen LogP contribution in [0.25, 0.3) is 0 Å². The molecule has 1 aliphatic carbocycles. The zero-order valence-electron chi connectivity index (χ0n) is 11.8. The molecule has 0 heterocycles. The molecule has 1 saturated carbocycles. The van der Waals surface area contributed by atoms with E-state index in [1.807, 2.05) is 0 Å². The Bertz CT molecular complexity index is 550. The predicted octanol–water partition coefficient (Wildman–Crippen LogP) is 2.83. The summed E-state index contributed by atoms with van der Waals surface area (Å²) in [6.45, 7) is 1.66. The van der Waals surface area contributed by atoms with Crippen LogP contribution in [0.2, 0.25) is 0 Å². The fourth-order valence-electron chi connectivity index (χ4n) is 2.86. The summed E-state index contributed by atoms with van der Waals surface area (Å²) in [5.41, 5.74) is 9.89. The Kier molecular flexibility index (Phi) is 4.14. The summed E-state index contributed by atoms with van der Waals surface area (Å²) in [6, 6.07) is 20.0. The van der Waals surface area contributed by atoms with Gasteiger partial charge in [-0.25, -0.2) is 0 Å². The van der Waals surface area contributed by atoms with E-state index in [1.54, 1.807) is 0 Å². The highest BCUT2D eigenvalue weighted by Gasteiger charge is 2.37. The van der Waals surface area contributed by atoms with E-state index >= 15 is 0 Å². The molecule has 0 spiro atoms. The van der Waals surface area contributed by atoms with Gasteiger partial charge in [-0.1, -0.05) is 54.6 Å². The Balaban J connectivity index is 1.57. The first-order valence-electron chi connectivity index (χ1n) is 7.43. The smallest absolute Gasteiger partial charge is 0.0211 e. The topological polar surface area (TPSA) is 38.0 Å². The number of nitrogens with two attached hydrogens (primary N) is 1. The largest absolute Gasteiger partial charge is 0.330 e. The van der Waals surface area contributed by atoms with Gasteiger partial charge >= 0.3 is 0 Å². The predicted molar refractivity (Wildman–Crippen MR) is 83.6 cm³/mol. The molecule has 2 heteroatoms. The van der Waals surface area contributed by atoms with Crippen molar-refractivity contribution in [3.05, 3.63) is 71.3 Å². The standard InChI is InChI=1S/C18H22N2/c19-11-10-14-6-4-5-9-16(14)13-20-18-12-17(18)15-7-2-1-3-8-15/h1-9,17-18,20H,10-13,19H2. The lowest BCUT2D eigenvalue weighted by Gasteiger charge is -2.10. The maximum absolute atomic E-state index is 5.68. The highest BCUT2D eigenvalue weighted by atomic mass is 15.0. The van der Waals surface area contributed by atoms with Crippen molar-refractivity contribution in [2.75, 3.05) is 6.54 Å². The van der Waals surface area contributed by atoms with E-state index in [0.717, 1.165) is 13.0 Å². The first-order valence-corrected chi connectivity index (χ1v) is 7.43. The van der Waals surface area contributed by atoms with Gasteiger partial charge in [0.1, 0.15) is 0 Å². The van der Waals surface area contributed by atoms with Gasteiger partial charge in [-0.15, -0.1) is 0 Å². The van der Waals surface area contributed by atoms with E-state index in [4.69, 9.17) is 5.73 Å². The van der Waals surface area contributed by atoms with Crippen LogP contribution in [-0.4, -0.2) is 12.6 Å². The molecule has 0 saturated heterocycles. The van der Waals surface area contributed by atoms with Crippen LogP contribution in [0.1, 0.15) is 29.0 Å². The number of hydrogen-bond acceptors (Lipinski definition) is 2. The number of nitrogens with one attached hydrogen (secondary N) is 1. The number of hydrogen-bond donors (Lipinski definition) is 2. The van der Waals surface area contributed by atoms with Gasteiger partial charge in [-0.05, 0) is 36.1 Å². The minimum absolute atomic E-state index is 0.628. The minimum Gasteiger partial charge on any atom is -0.330 e. The second-order valence-corrected chi connectivity index (χ2v) is 5.55. The van der Waals surface area contributed by atoms with Crippen LogP contribution >= 0.6 is 0 Å². The Labute approximate surface area is 121 Å². The van der Waals surface area contributed by atoms with Crippen LogP contribution < -0.4 is 11.1 Å². The molecular weight excluding hydrogens is 244 g/mol. The van der Waals surface area contributed by atoms with E-state index in [-0.39, 0.29) is 0 Å². The summed E-state index contributed by atoms with van der Waals surface area (Å²) in [6.07, 6.45) is 2.22. The minimum atomic E-state index is 0.628. The highest BCUT2D eigenvalue weighted by molar-refractivity contribution is 5.30. The van der Waals surface area contributed by atoms with Crippen molar-refractivity contribution in [3.63, 3.8) is 0 Å². The van der Waals surface area contributed by atoms with Gasteiger partial charge in [0.25, 0.3) is 0 Å². The third kappa shape index (κ3) is 3.09. The molecule has 1 aliphatic rings. The van der Waals surface area contributed by atoms with Crippen LogP contribution in [0.4, 0.5) is 0 Å². The number of rotatable bonds is 6. The van der Waals surface area contributed by atoms with Gasteiger partial charge in [-0.3, -0.25) is 0 Å². The molecule has 2 atom stereocenters. The first-order chi connectivity index (χ1) is 9.88. The lowest BCUT2D eigenvalue weighted by atomic mass is 10.0. The van der Waals surface area contributed by atoms with Gasteiger partial charge in [-0.2, -0.15) is 0 Å². The van der Waals surface area contributed by atoms with Gasteiger partial charge < -0.3 is 11.1 Å². The van der Waals surface area contributed by atoms with Crippen molar-refractivity contribution in [2.24, 2.45) is 5.73 Å². The van der Waals surface area contributed by atoms with E-state index in [0.29, 0.717) is 18.5 Å². The fourth-order valence-corrected chi connectivity index (χ4v) is 2.86. The molecule has 1 fully saturated rings. The summed E-state index contributed by atoms with van der Waals surface area (Å²) >= 11 is 0. The second-order valence-electron chi connectivity index (χ2n) is 5.55. The molecule has 0 radical (unpaired) electrons. The molecule has 0 aliphatic heterocycles. The van der Waals surface area contributed by atoms with Crippen LogP contribution in [0.15, 0.2) is 54.6 Å². The molecule has 2 aromatic carbocycles. The molecule has 2 nitrogen and oxygen atoms in total. The van der Waals surface area contributed by atoms with Crippen molar-refractivity contribution in [3.8, 4) is 0 Å². The average Bonchev–Trinajstić information content (AvgIpc) is 3.27. The fraction of sp³-hybridized carbons (Fsp3) is 0.333. The maximum atomic E-state index is 5.68. The zero-order valence-corrected chi connectivity index (χ0v) is 11.8. The summed E-state index contributed by atoms with van der Waals surface area (Å²) in [5, 5.41) is 3.68. The third-order valence-corrected chi connectivity index (χ3v) is 4.10. The monoisotopic (exact) mass is 266 g/mol. The SMILES string of the molecule is NCCc1ccccc1CNC1CC1c1ccccc1. The Morgan fingerprint density at radius 3 is 2.40 bits per heavy atom. The van der Waals surface area contributed by atoms with E-state index in [2.05, 4.69) is 59.9 Å². The molecule has 3 rings (SSSR count). The Hall–Kier alpha value is -1.64. The van der Waals surface area contributed by atoms with Gasteiger partial charge in [0.15, 0.2) is 0 Å². The molecule has 0 bridgehead atoms. The zero-order chi connectivity index (χ0) is 13.8. The van der Waals surface area contributed by atoms with Gasteiger partial charge in [0, 0.05) is 18.5 Å². The molecule has 0 amide bonds. The molecule has 20 heavy (non-hydrogen) atoms. The summed E-state index contributed by atoms with van der Waals surface area (Å²) < 4.78 is 0. The quantitative estimate of drug-likeness (QED) is 0.843. The average molecular weight is 266 g/mol. The maximum Gasteiger partial charge on any atom is 0.0211 e. The molecule has 3 N–H and O–H groups in total. The normalized spacial score (nSPS) is 20.9. The highest BCUT2D eigenvalue weighted by Crippen LogP contribution is 2.40. The van der Waals surface area contributed by atoms with E-state index in [1.165, 1.54) is 23.1 Å². The molecule has 0 aromatic heterocycles. The molecule has 104 valence electrons. The van der Waals surface area contributed by atoms with Crippen molar-refractivity contribution in [1.29, 1.82) is 0 Å². The van der Waals surface area contributed by atoms with E-state index in [9.17, 15) is 0 Å². The van der Waals surface area contributed by atoms with Gasteiger partial charge in [0.05, 0.1) is 0 Å². The summed E-state index contributed by atoms with van der Waals surface area (Å²) in [7, 11) is 0. The van der Waals surface area contributed by atoms with Crippen LogP contribution in [-0.2, 0) is 13.0 Å². The van der Waals surface area contributed by atoms with Crippen molar-refractivity contribution >= 4 is 0 Å². The van der Waals surface area contributed by atoms with Crippen molar-refractivity contribution < 1.29 is 0 Å². The molecule has 2 aromatic rings. The lowest BCUT2D eigenvalue weighted by Crippen LogP contribution is -2.18. The van der Waals surface area contributed by atoms with Crippen molar-refractivity contribution in [2.45, 2.75) is 31.3 Å². The van der Waals surface area contributed by atoms with E-state index < -0.39 is 0 Å².